The van der Waals surface area contributed by atoms with Crippen molar-refractivity contribution in [3.05, 3.63) is 23.0 Å². The zero-order chi connectivity index (χ0) is 17.6. The molecule has 0 N–H and O–H groups in total. The number of imide groups is 1. The van der Waals surface area contributed by atoms with E-state index in [1.165, 1.54) is 11.0 Å². The number of carbonyl (C=O) groups is 2. The predicted octanol–water partition coefficient (Wildman–Crippen LogP) is 2.82. The highest BCUT2D eigenvalue weighted by atomic mass is 35.5. The minimum Gasteiger partial charge on any atom is -0.489 e. The van der Waals surface area contributed by atoms with Crippen LogP contribution in [0.2, 0.25) is 5.02 Å². The number of morpholine rings is 1. The van der Waals surface area contributed by atoms with Crippen molar-refractivity contribution in [1.29, 1.82) is 0 Å². The number of amides is 3. The Morgan fingerprint density at radius 2 is 2.08 bits per heavy atom. The zero-order valence-corrected chi connectivity index (χ0v) is 14.3. The number of hydrogen-bond acceptors (Lipinski definition) is 4. The number of nitrogens with zero attached hydrogens (tertiary/aromatic N) is 2. The number of carbonyl (C=O) groups excluding carboxylic acids is 2. The lowest BCUT2D eigenvalue weighted by Gasteiger charge is -2.31. The van der Waals surface area contributed by atoms with Crippen LogP contribution in [0.1, 0.15) is 20.8 Å². The Morgan fingerprint density at radius 3 is 2.71 bits per heavy atom. The molecule has 130 valence electrons. The van der Waals surface area contributed by atoms with Gasteiger partial charge in [0.1, 0.15) is 17.6 Å². The van der Waals surface area contributed by atoms with Crippen molar-refractivity contribution < 1.29 is 23.5 Å². The maximum Gasteiger partial charge on any atom is 0.332 e. The summed E-state index contributed by atoms with van der Waals surface area (Å²) in [5.41, 5.74) is -0.161. The van der Waals surface area contributed by atoms with E-state index >= 15 is 0 Å². The molecule has 2 unspecified atom stereocenters. The molecule has 8 heteroatoms. The summed E-state index contributed by atoms with van der Waals surface area (Å²) in [6.45, 7) is 5.95. The second-order valence-corrected chi connectivity index (χ2v) is 6.48. The molecule has 2 fully saturated rings. The minimum absolute atomic E-state index is 0.0819. The molecule has 0 radical (unpaired) electrons. The maximum absolute atomic E-state index is 14.4. The molecule has 24 heavy (non-hydrogen) atoms. The summed E-state index contributed by atoms with van der Waals surface area (Å²) >= 11 is 5.99. The largest absolute Gasteiger partial charge is 0.489 e. The summed E-state index contributed by atoms with van der Waals surface area (Å²) in [6.07, 6.45) is -0.632. The highest BCUT2D eigenvalue weighted by Crippen LogP contribution is 2.37. The number of anilines is 1. The molecule has 2 heterocycles. The Kier molecular flexibility index (Phi) is 4.40. The Labute approximate surface area is 144 Å². The summed E-state index contributed by atoms with van der Waals surface area (Å²) < 4.78 is 25.4. The van der Waals surface area contributed by atoms with E-state index in [1.807, 2.05) is 0 Å². The maximum atomic E-state index is 14.4. The molecule has 0 saturated carbocycles. The molecular weight excluding hydrogens is 339 g/mol. The van der Waals surface area contributed by atoms with Gasteiger partial charge in [0.05, 0.1) is 29.5 Å². The molecule has 0 bridgehead atoms. The first-order chi connectivity index (χ1) is 11.3. The van der Waals surface area contributed by atoms with Gasteiger partial charge in [0.25, 0.3) is 5.91 Å². The van der Waals surface area contributed by atoms with E-state index in [2.05, 4.69) is 0 Å². The predicted molar refractivity (Wildman–Crippen MR) is 86.0 cm³/mol. The average Bonchev–Trinajstić information content (AvgIpc) is 2.75. The molecular formula is C16H18ClFN2O4. The minimum atomic E-state index is -0.758. The van der Waals surface area contributed by atoms with Crippen LogP contribution in [0, 0.1) is 5.82 Å². The van der Waals surface area contributed by atoms with Crippen molar-refractivity contribution in [2.75, 3.05) is 18.1 Å². The van der Waals surface area contributed by atoms with E-state index in [9.17, 15) is 14.0 Å². The first kappa shape index (κ1) is 17.0. The Bertz CT molecular complexity index is 697. The first-order valence-electron chi connectivity index (χ1n) is 7.73. The summed E-state index contributed by atoms with van der Waals surface area (Å²) in [5, 5.41) is 0.0819. The number of rotatable bonds is 3. The third-order valence-electron chi connectivity index (χ3n) is 4.01. The van der Waals surface area contributed by atoms with Crippen LogP contribution in [0.4, 0.5) is 14.9 Å². The number of halogens is 2. The molecule has 2 aliphatic heterocycles. The van der Waals surface area contributed by atoms with Gasteiger partial charge in [0.2, 0.25) is 0 Å². The molecule has 2 saturated heterocycles. The lowest BCUT2D eigenvalue weighted by molar-refractivity contribution is -0.127. The van der Waals surface area contributed by atoms with Gasteiger partial charge in [-0.3, -0.25) is 4.79 Å². The van der Waals surface area contributed by atoms with Gasteiger partial charge in [0, 0.05) is 12.6 Å². The normalized spacial score (nSPS) is 23.9. The van der Waals surface area contributed by atoms with Crippen LogP contribution in [0.15, 0.2) is 12.1 Å². The Morgan fingerprint density at radius 1 is 1.38 bits per heavy atom. The van der Waals surface area contributed by atoms with E-state index < -0.39 is 29.9 Å². The number of fused-ring (bicyclic) bond motifs is 1. The standard InChI is InChI=1S/C16H18ClFN2O4/c1-8(2)24-13-7-12(11(18)6-10(13)17)20-15(21)14-9(3)23-5-4-19(14)16(20)22/h6-9,14H,4-5H2,1-3H3. The van der Waals surface area contributed by atoms with Gasteiger partial charge in [-0.05, 0) is 26.8 Å². The van der Waals surface area contributed by atoms with E-state index in [-0.39, 0.29) is 22.6 Å². The fraction of sp³-hybridized carbons (Fsp3) is 0.500. The van der Waals surface area contributed by atoms with Gasteiger partial charge in [-0.25, -0.2) is 14.1 Å². The first-order valence-corrected chi connectivity index (χ1v) is 8.11. The van der Waals surface area contributed by atoms with Gasteiger partial charge in [-0.15, -0.1) is 0 Å². The summed E-state index contributed by atoms with van der Waals surface area (Å²) in [5.74, 6) is -1.05. The molecule has 2 atom stereocenters. The van der Waals surface area contributed by atoms with Crippen molar-refractivity contribution in [1.82, 2.24) is 4.90 Å². The van der Waals surface area contributed by atoms with Crippen LogP contribution in [0.5, 0.6) is 5.75 Å². The van der Waals surface area contributed by atoms with Gasteiger partial charge < -0.3 is 14.4 Å². The number of ether oxygens (including phenoxy) is 2. The molecule has 0 aromatic heterocycles. The van der Waals surface area contributed by atoms with Crippen LogP contribution in [0.25, 0.3) is 0 Å². The lowest BCUT2D eigenvalue weighted by Crippen LogP contribution is -2.50. The third-order valence-corrected chi connectivity index (χ3v) is 4.30. The molecule has 3 amide bonds. The molecule has 2 aliphatic rings. The van der Waals surface area contributed by atoms with Gasteiger partial charge in [0.15, 0.2) is 0 Å². The van der Waals surface area contributed by atoms with Crippen molar-refractivity contribution in [3.63, 3.8) is 0 Å². The van der Waals surface area contributed by atoms with Crippen molar-refractivity contribution in [2.24, 2.45) is 0 Å². The number of urea groups is 1. The fourth-order valence-electron chi connectivity index (χ4n) is 2.98. The van der Waals surface area contributed by atoms with Crippen molar-refractivity contribution in [3.8, 4) is 5.75 Å². The highest BCUT2D eigenvalue weighted by molar-refractivity contribution is 6.32. The van der Waals surface area contributed by atoms with E-state index in [4.69, 9.17) is 21.1 Å². The molecule has 0 aliphatic carbocycles. The lowest BCUT2D eigenvalue weighted by atomic mass is 10.1. The smallest absolute Gasteiger partial charge is 0.332 e. The molecule has 1 aromatic rings. The van der Waals surface area contributed by atoms with Crippen LogP contribution in [0.3, 0.4) is 0 Å². The van der Waals surface area contributed by atoms with E-state index in [0.717, 1.165) is 11.0 Å². The Balaban J connectivity index is 2.02. The summed E-state index contributed by atoms with van der Waals surface area (Å²) in [4.78, 5) is 27.5. The summed E-state index contributed by atoms with van der Waals surface area (Å²) in [7, 11) is 0. The van der Waals surface area contributed by atoms with Crippen molar-refractivity contribution >= 4 is 29.2 Å². The molecule has 1 aromatic carbocycles. The second kappa shape index (κ2) is 6.22. The summed E-state index contributed by atoms with van der Waals surface area (Å²) in [6, 6.07) is 1.04. The third kappa shape index (κ3) is 2.71. The van der Waals surface area contributed by atoms with Gasteiger partial charge in [-0.1, -0.05) is 11.6 Å². The van der Waals surface area contributed by atoms with E-state index in [0.29, 0.717) is 13.2 Å². The average molecular weight is 357 g/mol. The quantitative estimate of drug-likeness (QED) is 0.781. The van der Waals surface area contributed by atoms with Gasteiger partial charge >= 0.3 is 6.03 Å². The molecule has 0 spiro atoms. The molecule has 3 rings (SSSR count). The SMILES string of the molecule is CC(C)Oc1cc(N2C(=O)C3C(C)OCCN3C2=O)c(F)cc1Cl. The molecule has 6 nitrogen and oxygen atoms in total. The fourth-order valence-corrected chi connectivity index (χ4v) is 3.17. The second-order valence-electron chi connectivity index (χ2n) is 6.07. The monoisotopic (exact) mass is 356 g/mol. The number of hydrogen-bond donors (Lipinski definition) is 0. The van der Waals surface area contributed by atoms with Gasteiger partial charge in [-0.2, -0.15) is 0 Å². The number of benzene rings is 1. The Hall–Kier alpha value is -1.86. The van der Waals surface area contributed by atoms with Crippen LogP contribution in [-0.2, 0) is 9.53 Å². The van der Waals surface area contributed by atoms with E-state index in [1.54, 1.807) is 20.8 Å². The zero-order valence-electron chi connectivity index (χ0n) is 13.6. The van der Waals surface area contributed by atoms with Crippen LogP contribution in [-0.4, -0.2) is 48.2 Å². The van der Waals surface area contributed by atoms with Crippen LogP contribution < -0.4 is 9.64 Å². The van der Waals surface area contributed by atoms with Crippen molar-refractivity contribution in [2.45, 2.75) is 39.0 Å². The van der Waals surface area contributed by atoms with Crippen LogP contribution >= 0.6 is 11.6 Å². The topological polar surface area (TPSA) is 59.1 Å². The highest BCUT2D eigenvalue weighted by Gasteiger charge is 2.51.